The molecule has 0 unspecified atom stereocenters. The van der Waals surface area contributed by atoms with Gasteiger partial charge in [0.1, 0.15) is 0 Å². The molecule has 5 nitrogen and oxygen atoms in total. The third-order valence-corrected chi connectivity index (χ3v) is 0. The van der Waals surface area contributed by atoms with E-state index in [9.17, 15) is 0 Å². The molecule has 0 N–H and O–H groups in total. The summed E-state index contributed by atoms with van der Waals surface area (Å²) in [5.41, 5.74) is 0. The fourth-order valence-corrected chi connectivity index (χ4v) is 0. The summed E-state index contributed by atoms with van der Waals surface area (Å²) < 4.78 is 0. The van der Waals surface area contributed by atoms with Crippen LogP contribution in [0.25, 0.3) is 0 Å². The predicted octanol–water partition coefficient (Wildman–Crippen LogP) is -3.70. The van der Waals surface area contributed by atoms with Gasteiger partial charge in [-0.3, -0.25) is 0 Å². The first-order chi connectivity index (χ1) is 3.46. The van der Waals surface area contributed by atoms with E-state index in [1.54, 1.807) is 0 Å². The largest absolute Gasteiger partial charge is 2.00 e. The van der Waals surface area contributed by atoms with E-state index in [0.29, 0.717) is 0 Å². The minimum absolute atomic E-state index is 0. The zero-order valence-electron chi connectivity index (χ0n) is 4.64. The summed E-state index contributed by atoms with van der Waals surface area (Å²) in [5, 5.41) is 25.6. The quantitative estimate of drug-likeness (QED) is 0.409. The molecule has 10 heavy (non-hydrogen) atoms. The number of carboxylic acids is 1. The summed E-state index contributed by atoms with van der Waals surface area (Å²) in [4.78, 5) is 17.2. The van der Waals surface area contributed by atoms with Gasteiger partial charge < -0.3 is 24.9 Å². The molecule has 0 rings (SSSR count). The van der Waals surface area contributed by atoms with Crippen LogP contribution >= 0.6 is 0 Å². The Balaban J connectivity index is -0.0000000300. The molecule has 67 valence electrons. The van der Waals surface area contributed by atoms with E-state index >= 15 is 0 Å². The predicted molar refractivity (Wildman–Crippen MR) is 16.1 cm³/mol. The molecule has 7 heteroatoms. The monoisotopic (exact) mass is 245 g/mol. The van der Waals surface area contributed by atoms with Gasteiger partial charge in [-0.1, -0.05) is 0 Å². The van der Waals surface area contributed by atoms with Crippen LogP contribution in [-0.4, -0.2) is 12.1 Å². The van der Waals surface area contributed by atoms with Gasteiger partial charge in [0.2, 0.25) is 0 Å². The molecule has 0 saturated carbocycles. The molecular formula is C3H3Cu2O5. The van der Waals surface area contributed by atoms with Crippen LogP contribution in [0.5, 0.6) is 0 Å². The van der Waals surface area contributed by atoms with Crippen molar-refractivity contribution in [1.29, 1.82) is 0 Å². The van der Waals surface area contributed by atoms with Gasteiger partial charge in [-0.05, 0) is 13.1 Å². The normalized spacial score (nSPS) is 4.90. The van der Waals surface area contributed by atoms with Crippen molar-refractivity contribution in [2.24, 2.45) is 0 Å². The molecule has 0 fully saturated rings. The maximum absolute atomic E-state index is 8.89. The molecule has 0 aliphatic rings. The molecule has 0 aromatic rings. The first-order valence-electron chi connectivity index (χ1n) is 1.52. The second-order valence-corrected chi connectivity index (χ2v) is 0.742. The molecule has 0 heterocycles. The van der Waals surface area contributed by atoms with Gasteiger partial charge >= 0.3 is 34.1 Å². The van der Waals surface area contributed by atoms with Crippen LogP contribution in [0.3, 0.4) is 0 Å². The van der Waals surface area contributed by atoms with E-state index in [-0.39, 0.29) is 34.1 Å². The van der Waals surface area contributed by atoms with Gasteiger partial charge in [0.05, 0.1) is 0 Å². The van der Waals surface area contributed by atoms with Crippen molar-refractivity contribution in [3.63, 3.8) is 0 Å². The Morgan fingerprint density at radius 2 is 1.10 bits per heavy atom. The Labute approximate surface area is 78.4 Å². The Hall–Kier alpha value is -0.221. The summed E-state index contributed by atoms with van der Waals surface area (Å²) in [5.74, 6) is -1.08. The second-order valence-electron chi connectivity index (χ2n) is 0.742. The smallest absolute Gasteiger partial charge is 0.652 e. The van der Waals surface area contributed by atoms with Crippen LogP contribution in [0.1, 0.15) is 6.92 Å². The first-order valence-corrected chi connectivity index (χ1v) is 1.52. The molecule has 0 bridgehead atoms. The fourth-order valence-electron chi connectivity index (χ4n) is 0. The minimum atomic E-state index is -2.33. The minimum Gasteiger partial charge on any atom is -0.652 e. The van der Waals surface area contributed by atoms with Crippen LogP contribution in [-0.2, 0) is 38.9 Å². The number of aliphatic carboxylic acids is 1. The molecule has 1 radical (unpaired) electrons. The SMILES string of the molecule is CC(=O)[O-].O=C([O-])[O-].[Cu+2].[Cu+]. The summed E-state index contributed by atoms with van der Waals surface area (Å²) in [7, 11) is 0. The Morgan fingerprint density at radius 1 is 1.10 bits per heavy atom. The maximum Gasteiger partial charge on any atom is 2.00 e. The number of hydrogen-bond donors (Lipinski definition) is 0. The number of carboxylic acid groups (broad SMARTS) is 3. The van der Waals surface area contributed by atoms with E-state index in [1.165, 1.54) is 0 Å². The first kappa shape index (κ1) is 22.6. The summed E-state index contributed by atoms with van der Waals surface area (Å²) in [6, 6.07) is 0. The topological polar surface area (TPSA) is 103 Å². The zero-order valence-corrected chi connectivity index (χ0v) is 6.53. The van der Waals surface area contributed by atoms with Gasteiger partial charge in [-0.15, -0.1) is 0 Å². The van der Waals surface area contributed by atoms with Crippen molar-refractivity contribution in [3.05, 3.63) is 0 Å². The van der Waals surface area contributed by atoms with Crippen molar-refractivity contribution in [1.82, 2.24) is 0 Å². The van der Waals surface area contributed by atoms with Gasteiger partial charge in [-0.2, -0.15) is 0 Å². The average molecular weight is 246 g/mol. The van der Waals surface area contributed by atoms with Gasteiger partial charge in [0.15, 0.2) is 0 Å². The van der Waals surface area contributed by atoms with Crippen LogP contribution in [0.4, 0.5) is 4.79 Å². The van der Waals surface area contributed by atoms with Crippen molar-refractivity contribution in [2.75, 3.05) is 0 Å². The third-order valence-electron chi connectivity index (χ3n) is 0. The third kappa shape index (κ3) is 7320. The Bertz CT molecular complexity index is 72.9. The molecule has 0 saturated heterocycles. The van der Waals surface area contributed by atoms with E-state index in [4.69, 9.17) is 24.9 Å². The van der Waals surface area contributed by atoms with Crippen LogP contribution in [0.2, 0.25) is 0 Å². The molecule has 0 spiro atoms. The van der Waals surface area contributed by atoms with Crippen LogP contribution in [0.15, 0.2) is 0 Å². The van der Waals surface area contributed by atoms with Crippen molar-refractivity contribution in [2.45, 2.75) is 6.92 Å². The zero-order chi connectivity index (χ0) is 7.15. The standard InChI is InChI=1S/C2H4O2.CH2O3.2Cu/c1-2(3)4;2-1(3)4;;/h1H3,(H,3,4);(H2,2,3,4);;/q;;+1;+2/p-3. The van der Waals surface area contributed by atoms with Gasteiger partial charge in [0, 0.05) is 5.97 Å². The molecule has 0 aliphatic carbocycles. The van der Waals surface area contributed by atoms with Gasteiger partial charge in [-0.25, -0.2) is 0 Å². The number of rotatable bonds is 0. The fraction of sp³-hybridized carbons (Fsp3) is 0.333. The number of carbonyl (C=O) groups excluding carboxylic acids is 2. The van der Waals surface area contributed by atoms with Gasteiger partial charge in [0.25, 0.3) is 0 Å². The Morgan fingerprint density at radius 3 is 1.10 bits per heavy atom. The molecule has 0 aromatic heterocycles. The van der Waals surface area contributed by atoms with Crippen molar-refractivity contribution >= 4 is 12.1 Å². The molecule has 0 aliphatic heterocycles. The van der Waals surface area contributed by atoms with Crippen molar-refractivity contribution in [3.8, 4) is 0 Å². The van der Waals surface area contributed by atoms with E-state index in [0.717, 1.165) is 6.92 Å². The second kappa shape index (κ2) is 15.9. The van der Waals surface area contributed by atoms with Crippen LogP contribution in [0, 0.1) is 0 Å². The number of hydrogen-bond acceptors (Lipinski definition) is 5. The van der Waals surface area contributed by atoms with Crippen molar-refractivity contribution < 1.29 is 59.0 Å². The molecule has 0 amide bonds. The summed E-state index contributed by atoms with van der Waals surface area (Å²) in [6.07, 6.45) is -2.33. The number of carbonyl (C=O) groups is 2. The van der Waals surface area contributed by atoms with Crippen LogP contribution < -0.4 is 15.3 Å². The van der Waals surface area contributed by atoms with E-state index in [1.807, 2.05) is 0 Å². The molecule has 0 aromatic carbocycles. The molecule has 0 atom stereocenters. The van der Waals surface area contributed by atoms with E-state index < -0.39 is 12.1 Å². The maximum atomic E-state index is 8.89. The summed E-state index contributed by atoms with van der Waals surface area (Å²) in [6.45, 7) is 0.972. The average Bonchev–Trinajstić information content (AvgIpc) is 1.25. The van der Waals surface area contributed by atoms with E-state index in [2.05, 4.69) is 0 Å². The molecular weight excluding hydrogens is 243 g/mol. The summed E-state index contributed by atoms with van der Waals surface area (Å²) >= 11 is 0. The Kier molecular flexibility index (Phi) is 35.9.